The van der Waals surface area contributed by atoms with Crippen LogP contribution in [0.15, 0.2) is 50.9 Å². The molecule has 0 aromatic carbocycles. The molecule has 4 aromatic rings. The van der Waals surface area contributed by atoms with Gasteiger partial charge in [0.05, 0.1) is 10.6 Å². The minimum atomic E-state index is 0.557. The minimum absolute atomic E-state index is 0.557. The summed E-state index contributed by atoms with van der Waals surface area (Å²) in [7, 11) is 0. The monoisotopic (exact) mass is 400 g/mol. The first kappa shape index (κ1) is 16.3. The second-order valence-electron chi connectivity index (χ2n) is 6.17. The number of oxazole rings is 1. The van der Waals surface area contributed by atoms with Gasteiger partial charge in [0.15, 0.2) is 5.16 Å². The number of thiophene rings is 2. The lowest BCUT2D eigenvalue weighted by atomic mass is 10.3. The molecule has 1 fully saturated rings. The van der Waals surface area contributed by atoms with Crippen molar-refractivity contribution < 1.29 is 4.42 Å². The van der Waals surface area contributed by atoms with Crippen molar-refractivity contribution in [1.29, 1.82) is 0 Å². The van der Waals surface area contributed by atoms with Crippen LogP contribution in [0.25, 0.3) is 10.8 Å². The first-order chi connectivity index (χ1) is 12.9. The summed E-state index contributed by atoms with van der Waals surface area (Å²) in [5.74, 6) is 2.49. The Hall–Kier alpha value is -1.90. The molecule has 4 aromatic heterocycles. The Balaban J connectivity index is 1.32. The normalized spacial score (nSPS) is 14.2. The van der Waals surface area contributed by atoms with Crippen molar-refractivity contribution in [1.82, 2.24) is 19.7 Å². The Morgan fingerprint density at radius 1 is 1.15 bits per heavy atom. The van der Waals surface area contributed by atoms with E-state index in [4.69, 9.17) is 4.42 Å². The quantitative estimate of drug-likeness (QED) is 0.395. The highest BCUT2D eigenvalue weighted by Gasteiger charge is 2.29. The molecule has 5 rings (SSSR count). The van der Waals surface area contributed by atoms with Crippen LogP contribution in [-0.4, -0.2) is 19.7 Å². The summed E-state index contributed by atoms with van der Waals surface area (Å²) in [5, 5.41) is 14.0. The Kier molecular flexibility index (Phi) is 4.40. The van der Waals surface area contributed by atoms with Gasteiger partial charge in [-0.2, -0.15) is 0 Å². The molecule has 1 saturated carbocycles. The fourth-order valence-corrected chi connectivity index (χ4v) is 5.08. The zero-order chi connectivity index (χ0) is 17.3. The van der Waals surface area contributed by atoms with Crippen LogP contribution in [0.4, 0.5) is 0 Å². The molecule has 0 radical (unpaired) electrons. The Labute approximate surface area is 163 Å². The zero-order valence-electron chi connectivity index (χ0n) is 13.9. The minimum Gasteiger partial charge on any atom is -0.444 e. The number of thioether (sulfide) groups is 1. The van der Waals surface area contributed by atoms with E-state index in [-0.39, 0.29) is 0 Å². The molecule has 0 aliphatic heterocycles. The average molecular weight is 401 g/mol. The van der Waals surface area contributed by atoms with E-state index in [1.165, 1.54) is 17.7 Å². The molecule has 0 N–H and O–H groups in total. The Bertz CT molecular complexity index is 984. The maximum atomic E-state index is 5.61. The van der Waals surface area contributed by atoms with Gasteiger partial charge in [-0.1, -0.05) is 23.9 Å². The fraction of sp³-hybridized carbons (Fsp3) is 0.278. The number of hydrogen-bond acceptors (Lipinski definition) is 7. The maximum Gasteiger partial charge on any atom is 0.236 e. The molecule has 0 amide bonds. The predicted octanol–water partition coefficient (Wildman–Crippen LogP) is 5.27. The van der Waals surface area contributed by atoms with E-state index in [0.29, 0.717) is 11.9 Å². The average Bonchev–Trinajstić information content (AvgIpc) is 3.17. The summed E-state index contributed by atoms with van der Waals surface area (Å²) in [5.41, 5.74) is 0.934. The molecule has 0 atom stereocenters. The molecular formula is C18H16N4OS3. The van der Waals surface area contributed by atoms with Gasteiger partial charge in [0.1, 0.15) is 12.1 Å². The van der Waals surface area contributed by atoms with Gasteiger partial charge in [0, 0.05) is 23.1 Å². The number of rotatable bonds is 7. The first-order valence-corrected chi connectivity index (χ1v) is 11.2. The summed E-state index contributed by atoms with van der Waals surface area (Å²) in [6, 6.07) is 8.83. The van der Waals surface area contributed by atoms with Crippen molar-refractivity contribution >= 4 is 34.4 Å². The van der Waals surface area contributed by atoms with E-state index in [2.05, 4.69) is 37.3 Å². The van der Waals surface area contributed by atoms with E-state index < -0.39 is 0 Å². The van der Waals surface area contributed by atoms with Crippen LogP contribution in [0.5, 0.6) is 0 Å². The first-order valence-electron chi connectivity index (χ1n) is 8.44. The highest BCUT2D eigenvalue weighted by Crippen LogP contribution is 2.40. The number of hydrogen-bond donors (Lipinski definition) is 0. The zero-order valence-corrected chi connectivity index (χ0v) is 16.3. The van der Waals surface area contributed by atoms with Gasteiger partial charge in [-0.15, -0.1) is 32.9 Å². The number of aromatic nitrogens is 4. The van der Waals surface area contributed by atoms with Crippen LogP contribution in [0.1, 0.15) is 35.3 Å². The SMILES string of the molecule is c1csc(Cc2nnc(SCc3coc(-c4cccs4)n3)n2C2CC2)c1. The topological polar surface area (TPSA) is 56.7 Å². The van der Waals surface area contributed by atoms with Gasteiger partial charge in [-0.05, 0) is 35.7 Å². The standard InChI is InChI=1S/C18H16N4OS3/c1-3-14(24-7-1)9-16-20-21-18(22(16)13-5-6-13)26-11-12-10-23-17(19-12)15-4-2-8-25-15/h1-4,7-8,10,13H,5-6,9,11H2. The molecule has 5 nitrogen and oxygen atoms in total. The lowest BCUT2D eigenvalue weighted by molar-refractivity contribution is 0.575. The molecule has 1 aliphatic rings. The molecule has 0 bridgehead atoms. The van der Waals surface area contributed by atoms with Crippen LogP contribution in [0.2, 0.25) is 0 Å². The van der Waals surface area contributed by atoms with Gasteiger partial charge in [0.25, 0.3) is 0 Å². The van der Waals surface area contributed by atoms with E-state index >= 15 is 0 Å². The van der Waals surface area contributed by atoms with E-state index in [1.807, 2.05) is 17.5 Å². The van der Waals surface area contributed by atoms with Gasteiger partial charge in [-0.25, -0.2) is 4.98 Å². The van der Waals surface area contributed by atoms with Crippen molar-refractivity contribution in [2.45, 2.75) is 36.2 Å². The second-order valence-corrected chi connectivity index (χ2v) is 9.09. The number of nitrogens with zero attached hydrogens (tertiary/aromatic N) is 4. The van der Waals surface area contributed by atoms with Crippen LogP contribution in [0.3, 0.4) is 0 Å². The van der Waals surface area contributed by atoms with Crippen LogP contribution in [0, 0.1) is 0 Å². The van der Waals surface area contributed by atoms with E-state index in [1.54, 1.807) is 40.7 Å². The third kappa shape index (κ3) is 3.36. The Morgan fingerprint density at radius 2 is 2.04 bits per heavy atom. The smallest absolute Gasteiger partial charge is 0.236 e. The summed E-state index contributed by atoms with van der Waals surface area (Å²) in [6.07, 6.45) is 5.03. The lowest BCUT2D eigenvalue weighted by Crippen LogP contribution is -2.03. The van der Waals surface area contributed by atoms with Crippen LogP contribution >= 0.6 is 34.4 Å². The van der Waals surface area contributed by atoms with Crippen molar-refractivity contribution in [2.24, 2.45) is 0 Å². The summed E-state index contributed by atoms with van der Waals surface area (Å²) in [4.78, 5) is 6.98. The van der Waals surface area contributed by atoms with Crippen molar-refractivity contribution in [2.75, 3.05) is 0 Å². The van der Waals surface area contributed by atoms with Gasteiger partial charge >= 0.3 is 0 Å². The molecule has 1 aliphatic carbocycles. The molecule has 0 saturated heterocycles. The molecule has 132 valence electrons. The van der Waals surface area contributed by atoms with Gasteiger partial charge in [-0.3, -0.25) is 0 Å². The second kappa shape index (κ2) is 7.02. The highest BCUT2D eigenvalue weighted by atomic mass is 32.2. The fourth-order valence-electron chi connectivity index (χ4n) is 2.82. The van der Waals surface area contributed by atoms with Crippen LogP contribution in [-0.2, 0) is 12.2 Å². The van der Waals surface area contributed by atoms with Crippen molar-refractivity contribution in [3.63, 3.8) is 0 Å². The molecule has 0 unspecified atom stereocenters. The predicted molar refractivity (Wildman–Crippen MR) is 105 cm³/mol. The van der Waals surface area contributed by atoms with Crippen LogP contribution < -0.4 is 0 Å². The van der Waals surface area contributed by atoms with E-state index in [0.717, 1.165) is 33.7 Å². The lowest BCUT2D eigenvalue weighted by Gasteiger charge is -2.07. The molecule has 4 heterocycles. The largest absolute Gasteiger partial charge is 0.444 e. The third-order valence-corrected chi connectivity index (χ3v) is 6.90. The molecule has 26 heavy (non-hydrogen) atoms. The molecule has 0 spiro atoms. The molecule has 8 heteroatoms. The Morgan fingerprint density at radius 3 is 2.81 bits per heavy atom. The highest BCUT2D eigenvalue weighted by molar-refractivity contribution is 7.98. The van der Waals surface area contributed by atoms with E-state index in [9.17, 15) is 0 Å². The third-order valence-electron chi connectivity index (χ3n) is 4.19. The van der Waals surface area contributed by atoms with Crippen molar-refractivity contribution in [3.05, 3.63) is 57.7 Å². The summed E-state index contributed by atoms with van der Waals surface area (Å²) < 4.78 is 7.93. The maximum absolute atomic E-state index is 5.61. The van der Waals surface area contributed by atoms with Gasteiger partial charge in [0.2, 0.25) is 5.89 Å². The summed E-state index contributed by atoms with van der Waals surface area (Å²) in [6.45, 7) is 0. The molecular weight excluding hydrogens is 384 g/mol. The van der Waals surface area contributed by atoms with Crippen molar-refractivity contribution in [3.8, 4) is 10.8 Å². The summed E-state index contributed by atoms with van der Waals surface area (Å²) >= 11 is 5.09. The van der Waals surface area contributed by atoms with Gasteiger partial charge < -0.3 is 8.98 Å².